The zero-order chi connectivity index (χ0) is 60.2. The molecule has 3 rings (SSSR count). The van der Waals surface area contributed by atoms with Crippen molar-refractivity contribution < 1.29 is 24.0 Å². The van der Waals surface area contributed by atoms with Gasteiger partial charge >= 0.3 is 0 Å². The fourth-order valence-electron chi connectivity index (χ4n) is 7.90. The molecule has 0 aromatic heterocycles. The lowest BCUT2D eigenvalue weighted by molar-refractivity contribution is -0.132. The van der Waals surface area contributed by atoms with Crippen LogP contribution in [0.5, 0.6) is 0 Å². The minimum atomic E-state index is 0.0197. The van der Waals surface area contributed by atoms with E-state index in [4.69, 9.17) is 39.2 Å². The average Bonchev–Trinajstić information content (AvgIpc) is 3.51. The van der Waals surface area contributed by atoms with Gasteiger partial charge in [-0.05, 0) is 132 Å². The van der Waals surface area contributed by atoms with E-state index in [1.165, 1.54) is 0 Å². The van der Waals surface area contributed by atoms with Crippen LogP contribution < -0.4 is 34.4 Å². The third kappa shape index (κ3) is 44.1. The lowest BCUT2D eigenvalue weighted by Crippen LogP contribution is -2.35. The first-order valence-electron chi connectivity index (χ1n) is 29.1. The molecule has 0 saturated heterocycles. The molecule has 0 fully saturated rings. The van der Waals surface area contributed by atoms with Crippen molar-refractivity contribution in [2.45, 2.75) is 83.6 Å². The Morgan fingerprint density at radius 1 is 0.578 bits per heavy atom. The largest absolute Gasteiger partial charge is 0.396 e. The van der Waals surface area contributed by atoms with E-state index in [1.807, 2.05) is 109 Å². The monoisotopic (exact) mass is 1300 g/mol. The summed E-state index contributed by atoms with van der Waals surface area (Å²) in [6.45, 7) is 10.1. The molecule has 4 amide bonds. The van der Waals surface area contributed by atoms with Crippen LogP contribution in [0.15, 0.2) is 57.1 Å². The number of aliphatic imine (C=N–C) groups is 3. The van der Waals surface area contributed by atoms with E-state index in [2.05, 4.69) is 38.8 Å². The van der Waals surface area contributed by atoms with Gasteiger partial charge in [0.1, 0.15) is 6.61 Å². The first kappa shape index (κ1) is 76.0. The van der Waals surface area contributed by atoms with Crippen LogP contribution in [0.25, 0.3) is 0 Å². The number of hydrogen-bond acceptors (Lipinski definition) is 17. The van der Waals surface area contributed by atoms with E-state index in [1.54, 1.807) is 29.0 Å². The van der Waals surface area contributed by atoms with Crippen molar-refractivity contribution in [2.24, 2.45) is 54.5 Å². The van der Waals surface area contributed by atoms with E-state index in [9.17, 15) is 19.2 Å². The van der Waals surface area contributed by atoms with Crippen molar-refractivity contribution in [3.8, 4) is 0 Å². The maximum Gasteiger partial charge on any atom is 0.223 e. The van der Waals surface area contributed by atoms with Gasteiger partial charge in [-0.15, -0.1) is 6.58 Å². The number of nitrogens with two attached hydrogens (primary N) is 6. The summed E-state index contributed by atoms with van der Waals surface area (Å²) >= 11 is 15.0. The first-order valence-corrected chi connectivity index (χ1v) is 38.4. The lowest BCUT2D eigenvalue weighted by atomic mass is 10.1. The molecule has 0 aliphatic carbocycles. The van der Waals surface area contributed by atoms with Crippen molar-refractivity contribution in [2.75, 3.05) is 164 Å². The van der Waals surface area contributed by atoms with Crippen LogP contribution in [0, 0.1) is 0 Å². The van der Waals surface area contributed by atoms with Gasteiger partial charge in [-0.1, -0.05) is 35.5 Å². The molecule has 0 atom stereocenters. The molecule has 2 aliphatic heterocycles. The zero-order valence-corrected chi connectivity index (χ0v) is 55.8. The molecule has 2 aliphatic rings. The molecule has 2 bridgehead atoms. The number of amides is 4. The number of oxime groups is 1. The molecule has 19 nitrogen and oxygen atoms in total. The van der Waals surface area contributed by atoms with E-state index in [-0.39, 0.29) is 41.5 Å². The predicted molar refractivity (Wildman–Crippen MR) is 371 cm³/mol. The Balaban J connectivity index is 1.76. The van der Waals surface area contributed by atoms with Crippen LogP contribution in [0.3, 0.4) is 0 Å². The molecular weight excluding hydrogens is 1210 g/mol. The third-order valence-electron chi connectivity index (χ3n) is 12.2. The number of carbonyl (C=O) groups excluding carboxylic acids is 4. The minimum absolute atomic E-state index is 0.0197. The Morgan fingerprint density at radius 2 is 1.06 bits per heavy atom. The first-order chi connectivity index (χ1) is 40.4. The highest BCUT2D eigenvalue weighted by Crippen LogP contribution is 2.18. The lowest BCUT2D eigenvalue weighted by Gasteiger charge is -2.23. The second kappa shape index (κ2) is 53.2. The Hall–Kier alpha value is -3.08. The van der Waals surface area contributed by atoms with Gasteiger partial charge in [-0.3, -0.25) is 34.2 Å². The molecule has 0 spiro atoms. The number of thioether (sulfide) groups is 8. The highest BCUT2D eigenvalue weighted by atomic mass is 32.2. The summed E-state index contributed by atoms with van der Waals surface area (Å²) in [7, 11) is 0. The fourth-order valence-corrected chi connectivity index (χ4v) is 15.7. The summed E-state index contributed by atoms with van der Waals surface area (Å²) in [5.41, 5.74) is 35.1. The zero-order valence-electron chi connectivity index (χ0n) is 49.3. The number of hydrogen-bond donors (Lipinski definition) is 6. The van der Waals surface area contributed by atoms with E-state index in [0.717, 1.165) is 155 Å². The predicted octanol–water partition coefficient (Wildman–Crippen LogP) is 6.42. The number of nitrogens with zero attached hydrogens (tertiary/aromatic N) is 8. The van der Waals surface area contributed by atoms with E-state index < -0.39 is 0 Å². The Kier molecular flexibility index (Phi) is 48.7. The summed E-state index contributed by atoms with van der Waals surface area (Å²) in [5.74, 6) is 16.0. The molecule has 472 valence electrons. The molecule has 1 aromatic carbocycles. The second-order valence-electron chi connectivity index (χ2n) is 19.2. The number of benzene rings is 1. The van der Waals surface area contributed by atoms with Crippen LogP contribution in [0.1, 0.15) is 88.2 Å². The molecule has 27 heteroatoms. The molecule has 0 unspecified atom stereocenters. The van der Waals surface area contributed by atoms with Gasteiger partial charge in [0.15, 0.2) is 17.9 Å². The standard InChI is InChI=1S/C56H100N14O5S8/c1-2-22-67(26-19-63-54(57)58)50(71)15-42-80-38-7-34-76-30-3-23-68(27-20-64-55(59)60)51(72)16-43-81-39-9-36-78-32-5-25-70-47-49-13-11-48(12-14-49)46-66-75-29-6-33-79-37-10-41-82-44-17-52(73)69(28-21-65-56(61)62)24-4-31-77-35-8-40-83-45-18-53(70)74/h2,11-14,46H,1,3-10,15-45,47H2,(H4,57,58,63)(H4,59,60,64)(H4,61,62,65)/b66-46-. The highest BCUT2D eigenvalue weighted by molar-refractivity contribution is 8.01. The third-order valence-corrected chi connectivity index (χ3v) is 21.1. The number of rotatable bonds is 33. The number of guanidine groups is 3. The maximum absolute atomic E-state index is 13.7. The van der Waals surface area contributed by atoms with Crippen molar-refractivity contribution >= 4 is 142 Å². The summed E-state index contributed by atoms with van der Waals surface area (Å²) in [6.07, 6.45) is 13.4. The van der Waals surface area contributed by atoms with E-state index >= 15 is 0 Å². The van der Waals surface area contributed by atoms with Crippen molar-refractivity contribution in [3.63, 3.8) is 0 Å². The van der Waals surface area contributed by atoms with Crippen molar-refractivity contribution in [3.05, 3.63) is 48.0 Å². The molecule has 2 heterocycles. The summed E-state index contributed by atoms with van der Waals surface area (Å²) in [4.78, 5) is 78.2. The molecule has 1 aromatic rings. The van der Waals surface area contributed by atoms with Crippen molar-refractivity contribution in [1.82, 2.24) is 19.6 Å². The Bertz CT molecular complexity index is 2000. The molecular formula is C56H100N14O5S8. The summed E-state index contributed by atoms with van der Waals surface area (Å²) in [5, 5.41) is 4.20. The quantitative estimate of drug-likeness (QED) is 0.0191. The molecule has 0 saturated carbocycles. The maximum atomic E-state index is 13.7. The van der Waals surface area contributed by atoms with Crippen LogP contribution in [-0.4, -0.2) is 231 Å². The van der Waals surface area contributed by atoms with Gasteiger partial charge in [-0.2, -0.15) is 94.1 Å². The normalized spacial score (nSPS) is 15.7. The highest BCUT2D eigenvalue weighted by Gasteiger charge is 2.17. The Labute approximate surface area is 531 Å². The van der Waals surface area contributed by atoms with Crippen LogP contribution in [0.4, 0.5) is 0 Å². The van der Waals surface area contributed by atoms with Crippen molar-refractivity contribution in [1.29, 1.82) is 0 Å². The van der Waals surface area contributed by atoms with Gasteiger partial charge in [-0.25, -0.2) is 0 Å². The molecule has 12 N–H and O–H groups in total. The van der Waals surface area contributed by atoms with Gasteiger partial charge in [0.2, 0.25) is 23.6 Å². The molecule has 83 heavy (non-hydrogen) atoms. The number of carbonyl (C=O) groups is 4. The van der Waals surface area contributed by atoms with Crippen LogP contribution in [-0.2, 0) is 30.6 Å². The van der Waals surface area contributed by atoms with Gasteiger partial charge < -0.3 is 58.8 Å². The Morgan fingerprint density at radius 3 is 1.64 bits per heavy atom. The molecule has 0 radical (unpaired) electrons. The topological polar surface area (TPSA) is 296 Å². The fraction of sp³-hybridized carbons (Fsp3) is 0.714. The smallest absolute Gasteiger partial charge is 0.223 e. The van der Waals surface area contributed by atoms with Gasteiger partial charge in [0, 0.05) is 101 Å². The minimum Gasteiger partial charge on any atom is -0.396 e. The number of fused-ring (bicyclic) bond motifs is 28. The SMILES string of the molecule is C=CCN(CCN=C(N)N)C(=O)CCSCCCSCCCN(CCN=C(N)N)C(=O)CCSCCCSCCCN1Cc2ccc(cc2)/C=N\OCCCSCCCSCCC(=O)N(CCN=C(N)N)CCCSCCCSCCC1=O. The average molecular weight is 1310 g/mol. The van der Waals surface area contributed by atoms with Gasteiger partial charge in [0.05, 0.1) is 25.8 Å². The van der Waals surface area contributed by atoms with Crippen LogP contribution in [0.2, 0.25) is 0 Å². The summed E-state index contributed by atoms with van der Waals surface area (Å²) in [6, 6.07) is 8.24. The van der Waals surface area contributed by atoms with Crippen LogP contribution >= 0.6 is 94.1 Å². The second-order valence-corrected chi connectivity index (χ2v) is 29.0. The summed E-state index contributed by atoms with van der Waals surface area (Å²) < 4.78 is 0. The van der Waals surface area contributed by atoms with E-state index in [0.29, 0.717) is 104 Å². The van der Waals surface area contributed by atoms with Gasteiger partial charge in [0.25, 0.3) is 0 Å².